The van der Waals surface area contributed by atoms with Gasteiger partial charge in [0.1, 0.15) is 0 Å². The minimum absolute atomic E-state index is 1.02. The lowest BCUT2D eigenvalue weighted by atomic mass is 9.91. The highest BCUT2D eigenvalue weighted by atomic mass is 15.2. The van der Waals surface area contributed by atoms with Gasteiger partial charge in [0.15, 0.2) is 0 Å². The Hall–Kier alpha value is -2.48. The van der Waals surface area contributed by atoms with Gasteiger partial charge in [0.25, 0.3) is 0 Å². The summed E-state index contributed by atoms with van der Waals surface area (Å²) in [5.74, 6) is 0. The molecule has 1 aliphatic rings. The van der Waals surface area contributed by atoms with Gasteiger partial charge in [-0.15, -0.1) is 0 Å². The van der Waals surface area contributed by atoms with Crippen LogP contribution in [0.3, 0.4) is 0 Å². The van der Waals surface area contributed by atoms with E-state index >= 15 is 0 Å². The van der Waals surface area contributed by atoms with Crippen molar-refractivity contribution in [2.75, 3.05) is 0 Å². The van der Waals surface area contributed by atoms with Crippen molar-refractivity contribution < 1.29 is 4.70 Å². The predicted octanol–water partition coefficient (Wildman–Crippen LogP) is 16.2. The monoisotopic (exact) mass is 681 g/mol. The van der Waals surface area contributed by atoms with Crippen LogP contribution >= 0.6 is 0 Å². The largest absolute Gasteiger partial charge is 0.493 e. The van der Waals surface area contributed by atoms with E-state index in [2.05, 4.69) is 76.2 Å². The SMILES string of the molecule is CCCCCCCCCCCCCCCCCCCCC1=C(c2ccc(CCCC)cc2)[N+](=[N-])C(c2ccc(CCCC)cc2)=C1CCCC. The first-order valence-electron chi connectivity index (χ1n) is 21.8. The van der Waals surface area contributed by atoms with Crippen molar-refractivity contribution in [2.24, 2.45) is 0 Å². The molecule has 50 heavy (non-hydrogen) atoms. The number of aryl methyl sites for hydroxylation is 2. The van der Waals surface area contributed by atoms with Crippen molar-refractivity contribution in [3.8, 4) is 0 Å². The molecule has 0 atom stereocenters. The minimum Gasteiger partial charge on any atom is -0.493 e. The Bertz CT molecular complexity index is 1250. The average molecular weight is 681 g/mol. The maximum atomic E-state index is 12.0. The zero-order chi connectivity index (χ0) is 35.7. The molecule has 2 nitrogen and oxygen atoms in total. The summed E-state index contributed by atoms with van der Waals surface area (Å²) < 4.78 is 1.57. The van der Waals surface area contributed by atoms with Crippen molar-refractivity contribution in [1.29, 1.82) is 0 Å². The molecule has 0 fully saturated rings. The van der Waals surface area contributed by atoms with Crippen molar-refractivity contribution in [1.82, 2.24) is 0 Å². The third-order valence-electron chi connectivity index (χ3n) is 11.0. The van der Waals surface area contributed by atoms with E-state index in [0.717, 1.165) is 61.0 Å². The molecule has 1 aliphatic heterocycles. The van der Waals surface area contributed by atoms with Crippen LogP contribution in [-0.2, 0) is 12.8 Å². The van der Waals surface area contributed by atoms with Crippen LogP contribution in [0.5, 0.6) is 0 Å². The Labute approximate surface area is 310 Å². The molecule has 278 valence electrons. The molecular weight excluding hydrogens is 605 g/mol. The van der Waals surface area contributed by atoms with Crippen molar-refractivity contribution in [2.45, 2.75) is 207 Å². The molecule has 0 amide bonds. The van der Waals surface area contributed by atoms with Crippen LogP contribution in [0, 0.1) is 0 Å². The first-order valence-corrected chi connectivity index (χ1v) is 21.8. The number of rotatable bonds is 30. The summed E-state index contributed by atoms with van der Waals surface area (Å²) in [6.07, 6.45) is 36.7. The molecular formula is C48H76N2. The molecule has 2 aromatic carbocycles. The maximum absolute atomic E-state index is 12.0. The van der Waals surface area contributed by atoms with Crippen LogP contribution in [0.1, 0.15) is 217 Å². The second-order valence-corrected chi connectivity index (χ2v) is 15.4. The molecule has 0 bridgehead atoms. The van der Waals surface area contributed by atoms with Gasteiger partial charge >= 0.3 is 0 Å². The molecule has 0 saturated carbocycles. The molecule has 1 heterocycles. The maximum Gasteiger partial charge on any atom is 0.211 e. The average Bonchev–Trinajstić information content (AvgIpc) is 3.42. The third-order valence-corrected chi connectivity index (χ3v) is 11.0. The lowest BCUT2D eigenvalue weighted by Gasteiger charge is -2.11. The summed E-state index contributed by atoms with van der Waals surface area (Å²) in [7, 11) is 0. The summed E-state index contributed by atoms with van der Waals surface area (Å²) >= 11 is 0. The Kier molecular flexibility index (Phi) is 22.1. The molecule has 3 rings (SSSR count). The van der Waals surface area contributed by atoms with Crippen LogP contribution in [0.2, 0.25) is 0 Å². The standard InChI is InChI=1S/C48H76N2/c1-5-9-13-14-15-16-17-18-19-20-21-22-23-24-25-26-27-28-32-46-45(31-12-8-4)47(43-37-33-41(34-38-43)29-10-6-2)50(49)48(46)44-39-35-42(36-40-44)30-11-7-3/h33-40H,5-32H2,1-4H3. The highest BCUT2D eigenvalue weighted by Crippen LogP contribution is 2.44. The van der Waals surface area contributed by atoms with E-state index in [1.165, 1.54) is 164 Å². The molecule has 0 aromatic heterocycles. The van der Waals surface area contributed by atoms with E-state index < -0.39 is 0 Å². The van der Waals surface area contributed by atoms with Crippen molar-refractivity contribution in [3.05, 3.63) is 87.5 Å². The fourth-order valence-corrected chi connectivity index (χ4v) is 7.76. The molecule has 0 spiro atoms. The molecule has 0 aliphatic carbocycles. The Morgan fingerprint density at radius 2 is 0.620 bits per heavy atom. The van der Waals surface area contributed by atoms with E-state index in [1.807, 2.05) is 0 Å². The van der Waals surface area contributed by atoms with Gasteiger partial charge in [0, 0.05) is 22.3 Å². The van der Waals surface area contributed by atoms with Crippen LogP contribution in [0.15, 0.2) is 59.7 Å². The predicted molar refractivity (Wildman–Crippen MR) is 220 cm³/mol. The van der Waals surface area contributed by atoms with Gasteiger partial charge in [-0.2, -0.15) is 0 Å². The molecule has 0 N–H and O–H groups in total. The van der Waals surface area contributed by atoms with Crippen molar-refractivity contribution >= 4 is 11.4 Å². The summed E-state index contributed by atoms with van der Waals surface area (Å²) in [5.41, 5.74) is 21.8. The number of hydrogen-bond acceptors (Lipinski definition) is 0. The van der Waals surface area contributed by atoms with Crippen molar-refractivity contribution in [3.63, 3.8) is 0 Å². The summed E-state index contributed by atoms with van der Waals surface area (Å²) in [6.45, 7) is 9.10. The fraction of sp³-hybridized carbons (Fsp3) is 0.667. The van der Waals surface area contributed by atoms with Gasteiger partial charge in [0.2, 0.25) is 11.4 Å². The summed E-state index contributed by atoms with van der Waals surface area (Å²) in [4.78, 5) is 0. The van der Waals surface area contributed by atoms with Gasteiger partial charge in [0.05, 0.1) is 0 Å². The van der Waals surface area contributed by atoms with E-state index in [1.54, 1.807) is 4.70 Å². The highest BCUT2D eigenvalue weighted by Gasteiger charge is 2.35. The molecule has 0 saturated heterocycles. The molecule has 0 radical (unpaired) electrons. The second-order valence-electron chi connectivity index (χ2n) is 15.4. The quantitative estimate of drug-likeness (QED) is 0.0580. The van der Waals surface area contributed by atoms with Gasteiger partial charge < -0.3 is 5.53 Å². The number of allylic oxidation sites excluding steroid dienone is 2. The smallest absolute Gasteiger partial charge is 0.211 e. The molecule has 2 heteroatoms. The Balaban J connectivity index is 1.54. The topological polar surface area (TPSA) is 25.3 Å². The summed E-state index contributed by atoms with van der Waals surface area (Å²) in [5, 5.41) is 0. The lowest BCUT2D eigenvalue weighted by molar-refractivity contribution is -0.345. The fourth-order valence-electron chi connectivity index (χ4n) is 7.76. The second kappa shape index (κ2) is 26.3. The van der Waals surface area contributed by atoms with Crippen LogP contribution in [0.25, 0.3) is 16.9 Å². The summed E-state index contributed by atoms with van der Waals surface area (Å²) in [6, 6.07) is 18.1. The van der Waals surface area contributed by atoms with Gasteiger partial charge in [-0.3, -0.25) is 0 Å². The van der Waals surface area contributed by atoms with Crippen LogP contribution < -0.4 is 0 Å². The zero-order valence-electron chi connectivity index (χ0n) is 33.3. The highest BCUT2D eigenvalue weighted by molar-refractivity contribution is 5.82. The normalized spacial score (nSPS) is 13.3. The lowest BCUT2D eigenvalue weighted by Crippen LogP contribution is -2.03. The zero-order valence-corrected chi connectivity index (χ0v) is 33.3. The van der Waals surface area contributed by atoms with Gasteiger partial charge in [-0.1, -0.05) is 180 Å². The number of benzene rings is 2. The number of unbranched alkanes of at least 4 members (excludes halogenated alkanes) is 20. The molecule has 2 aromatic rings. The first kappa shape index (κ1) is 41.9. The number of nitrogens with zero attached hydrogens (tertiary/aromatic N) is 2. The number of hydrogen-bond donors (Lipinski definition) is 0. The van der Waals surface area contributed by atoms with E-state index in [9.17, 15) is 5.53 Å². The van der Waals surface area contributed by atoms with Crippen LogP contribution in [-0.4, -0.2) is 4.70 Å². The third kappa shape index (κ3) is 15.0. The van der Waals surface area contributed by atoms with E-state index in [-0.39, 0.29) is 0 Å². The van der Waals surface area contributed by atoms with E-state index in [4.69, 9.17) is 0 Å². The first-order chi connectivity index (χ1) is 24.6. The Morgan fingerprint density at radius 3 is 0.960 bits per heavy atom. The van der Waals surface area contributed by atoms with Crippen LogP contribution in [0.4, 0.5) is 0 Å². The van der Waals surface area contributed by atoms with Gasteiger partial charge in [-0.25, -0.2) is 4.70 Å². The molecule has 0 unspecified atom stereocenters. The van der Waals surface area contributed by atoms with E-state index in [0.29, 0.717) is 0 Å². The Morgan fingerprint density at radius 1 is 0.340 bits per heavy atom. The minimum atomic E-state index is 1.02. The van der Waals surface area contributed by atoms with Gasteiger partial charge in [-0.05, 0) is 86.8 Å².